The van der Waals surface area contributed by atoms with Gasteiger partial charge in [-0.15, -0.1) is 0 Å². The molecule has 0 spiro atoms. The van der Waals surface area contributed by atoms with Crippen molar-refractivity contribution in [2.24, 2.45) is 0 Å². The van der Waals surface area contributed by atoms with Crippen molar-refractivity contribution in [2.45, 2.75) is 19.9 Å². The summed E-state index contributed by atoms with van der Waals surface area (Å²) in [6.07, 6.45) is 0.892. The third kappa shape index (κ3) is 2.36. The van der Waals surface area contributed by atoms with Gasteiger partial charge in [0.2, 0.25) is 0 Å². The van der Waals surface area contributed by atoms with E-state index >= 15 is 0 Å². The van der Waals surface area contributed by atoms with E-state index in [0.29, 0.717) is 11.9 Å². The topological polar surface area (TPSA) is 39.3 Å². The van der Waals surface area contributed by atoms with Crippen molar-refractivity contribution in [3.63, 3.8) is 0 Å². The fourth-order valence-electron chi connectivity index (χ4n) is 3.04. The third-order valence-corrected chi connectivity index (χ3v) is 4.64. The van der Waals surface area contributed by atoms with Crippen molar-refractivity contribution in [2.75, 3.05) is 0 Å². The zero-order valence-corrected chi connectivity index (χ0v) is 14.8. The number of fused-ring (bicyclic) bond motifs is 3. The predicted molar refractivity (Wildman–Crippen MR) is 100 cm³/mol. The fourth-order valence-corrected chi connectivity index (χ4v) is 3.39. The van der Waals surface area contributed by atoms with E-state index in [1.54, 1.807) is 0 Å². The molecule has 120 valence electrons. The zero-order valence-electron chi connectivity index (χ0n) is 13.2. The molecule has 5 heteroatoms. The van der Waals surface area contributed by atoms with Crippen LogP contribution in [-0.2, 0) is 6.54 Å². The van der Waals surface area contributed by atoms with Crippen LogP contribution in [0.25, 0.3) is 27.8 Å². The van der Waals surface area contributed by atoms with E-state index in [1.807, 2.05) is 63.7 Å². The van der Waals surface area contributed by atoms with Gasteiger partial charge < -0.3 is 0 Å². The van der Waals surface area contributed by atoms with Crippen molar-refractivity contribution >= 4 is 32.5 Å². The lowest BCUT2D eigenvalue weighted by Gasteiger charge is -2.09. The molecule has 0 aliphatic heterocycles. The smallest absolute Gasteiger partial charge is 0.261 e. The molecule has 2 aromatic heterocycles. The van der Waals surface area contributed by atoms with E-state index in [1.165, 1.54) is 0 Å². The molecule has 2 aromatic carbocycles. The lowest BCUT2D eigenvalue weighted by Crippen LogP contribution is -2.22. The Labute approximate surface area is 147 Å². The van der Waals surface area contributed by atoms with Crippen LogP contribution in [0.2, 0.25) is 0 Å². The quantitative estimate of drug-likeness (QED) is 0.524. The highest BCUT2D eigenvalue weighted by Crippen LogP contribution is 2.23. The summed E-state index contributed by atoms with van der Waals surface area (Å²) in [6.45, 7) is 2.75. The maximum absolute atomic E-state index is 12.9. The Kier molecular flexibility index (Phi) is 3.73. The number of rotatable bonds is 3. The van der Waals surface area contributed by atoms with Gasteiger partial charge in [-0.3, -0.25) is 9.36 Å². The highest BCUT2D eigenvalue weighted by molar-refractivity contribution is 9.10. The minimum atomic E-state index is 0.0337. The molecule has 0 bridgehead atoms. The number of halogens is 1. The third-order valence-electron chi connectivity index (χ3n) is 4.15. The Morgan fingerprint density at radius 3 is 2.62 bits per heavy atom. The second kappa shape index (κ2) is 5.91. The monoisotopic (exact) mass is 381 g/mol. The molecule has 4 nitrogen and oxygen atoms in total. The molecule has 0 atom stereocenters. The Morgan fingerprint density at radius 2 is 1.88 bits per heavy atom. The van der Waals surface area contributed by atoms with Gasteiger partial charge in [-0.25, -0.2) is 4.52 Å². The Morgan fingerprint density at radius 1 is 1.08 bits per heavy atom. The van der Waals surface area contributed by atoms with Gasteiger partial charge in [-0.05, 0) is 24.6 Å². The number of hydrogen-bond donors (Lipinski definition) is 0. The van der Waals surface area contributed by atoms with Crippen molar-refractivity contribution in [3.05, 3.63) is 69.4 Å². The summed E-state index contributed by atoms with van der Waals surface area (Å²) in [7, 11) is 0. The van der Waals surface area contributed by atoms with E-state index in [-0.39, 0.29) is 5.56 Å². The summed E-state index contributed by atoms with van der Waals surface area (Å²) in [4.78, 5) is 12.9. The Hall–Kier alpha value is -2.40. The molecule has 0 saturated heterocycles. The van der Waals surface area contributed by atoms with Crippen LogP contribution < -0.4 is 5.56 Å². The lowest BCUT2D eigenvalue weighted by molar-refractivity contribution is 0.666. The van der Waals surface area contributed by atoms with Crippen molar-refractivity contribution in [3.8, 4) is 11.3 Å². The van der Waals surface area contributed by atoms with E-state index in [2.05, 4.69) is 22.9 Å². The van der Waals surface area contributed by atoms with Gasteiger partial charge in [0.15, 0.2) is 0 Å². The molecular formula is C19H16BrN3O. The molecule has 2 heterocycles. The molecule has 4 rings (SSSR count). The average molecular weight is 382 g/mol. The maximum Gasteiger partial charge on any atom is 0.261 e. The van der Waals surface area contributed by atoms with Gasteiger partial charge in [-0.1, -0.05) is 53.2 Å². The first-order valence-corrected chi connectivity index (χ1v) is 8.75. The Balaban J connectivity index is 2.13. The van der Waals surface area contributed by atoms with Crippen LogP contribution in [0.4, 0.5) is 0 Å². The van der Waals surface area contributed by atoms with E-state index in [9.17, 15) is 4.79 Å². The van der Waals surface area contributed by atoms with Crippen molar-refractivity contribution < 1.29 is 0 Å². The summed E-state index contributed by atoms with van der Waals surface area (Å²) in [5, 5.41) is 5.45. The molecule has 0 aliphatic rings. The molecule has 0 N–H and O–H groups in total. The van der Waals surface area contributed by atoms with Gasteiger partial charge in [0.25, 0.3) is 5.56 Å². The van der Waals surface area contributed by atoms with E-state index in [0.717, 1.165) is 33.3 Å². The van der Waals surface area contributed by atoms with Crippen LogP contribution in [0, 0.1) is 0 Å². The van der Waals surface area contributed by atoms with Crippen LogP contribution in [0.5, 0.6) is 0 Å². The summed E-state index contributed by atoms with van der Waals surface area (Å²) in [5.74, 6) is 0. The molecule has 0 amide bonds. The van der Waals surface area contributed by atoms with Gasteiger partial charge in [0.1, 0.15) is 5.65 Å². The van der Waals surface area contributed by atoms with Crippen LogP contribution in [-0.4, -0.2) is 14.2 Å². The average Bonchev–Trinajstić information content (AvgIpc) is 3.04. The number of nitrogens with zero attached hydrogens (tertiary/aromatic N) is 3. The van der Waals surface area contributed by atoms with Gasteiger partial charge in [0, 0.05) is 22.6 Å². The Bertz CT molecular complexity index is 1100. The second-order valence-corrected chi connectivity index (χ2v) is 6.70. The predicted octanol–water partition coefficient (Wildman–Crippen LogP) is 4.49. The van der Waals surface area contributed by atoms with Crippen molar-refractivity contribution in [1.82, 2.24) is 14.2 Å². The van der Waals surface area contributed by atoms with Gasteiger partial charge in [-0.2, -0.15) is 5.10 Å². The summed E-state index contributed by atoms with van der Waals surface area (Å²) in [5.41, 5.74) is 3.59. The number of aromatic nitrogens is 3. The number of aryl methyl sites for hydroxylation is 1. The van der Waals surface area contributed by atoms with Crippen LogP contribution >= 0.6 is 15.9 Å². The minimum absolute atomic E-state index is 0.0337. The second-order valence-electron chi connectivity index (χ2n) is 5.78. The maximum atomic E-state index is 12.9. The van der Waals surface area contributed by atoms with Gasteiger partial charge >= 0.3 is 0 Å². The summed E-state index contributed by atoms with van der Waals surface area (Å²) >= 11 is 3.49. The molecule has 0 radical (unpaired) electrons. The summed E-state index contributed by atoms with van der Waals surface area (Å²) < 4.78 is 4.62. The van der Waals surface area contributed by atoms with Crippen LogP contribution in [0.1, 0.15) is 13.3 Å². The highest BCUT2D eigenvalue weighted by atomic mass is 79.9. The van der Waals surface area contributed by atoms with Crippen molar-refractivity contribution in [1.29, 1.82) is 0 Å². The normalized spacial score (nSPS) is 11.4. The largest absolute Gasteiger partial charge is 0.293 e. The lowest BCUT2D eigenvalue weighted by atomic mass is 10.1. The highest BCUT2D eigenvalue weighted by Gasteiger charge is 2.14. The molecule has 0 unspecified atom stereocenters. The first-order valence-electron chi connectivity index (χ1n) is 7.96. The molecular weight excluding hydrogens is 366 g/mol. The van der Waals surface area contributed by atoms with E-state index in [4.69, 9.17) is 5.10 Å². The van der Waals surface area contributed by atoms with Crippen LogP contribution in [0.15, 0.2) is 63.9 Å². The SMILES string of the molecule is CCCn1c(=O)c2ccc(Br)cc2n2nc(-c3ccccc3)cc12. The zero-order chi connectivity index (χ0) is 16.7. The first kappa shape index (κ1) is 15.1. The van der Waals surface area contributed by atoms with E-state index < -0.39 is 0 Å². The molecule has 0 fully saturated rings. The fraction of sp³-hybridized carbons (Fsp3) is 0.158. The molecule has 4 aromatic rings. The van der Waals surface area contributed by atoms with Gasteiger partial charge in [0.05, 0.1) is 16.6 Å². The summed E-state index contributed by atoms with van der Waals surface area (Å²) in [6, 6.07) is 17.7. The standard InChI is InChI=1S/C19H16BrN3O/c1-2-10-22-18-12-16(13-6-4-3-5-7-13)21-23(18)17-11-14(20)8-9-15(17)19(22)24/h3-9,11-12H,2,10H2,1H3. The molecule has 24 heavy (non-hydrogen) atoms. The van der Waals surface area contributed by atoms with Crippen LogP contribution in [0.3, 0.4) is 0 Å². The number of benzene rings is 2. The first-order chi connectivity index (χ1) is 11.7. The number of hydrogen-bond acceptors (Lipinski definition) is 2. The molecule has 0 aliphatic carbocycles. The molecule has 0 saturated carbocycles. The minimum Gasteiger partial charge on any atom is -0.293 e.